The highest BCUT2D eigenvalue weighted by atomic mass is 16.8. The van der Waals surface area contributed by atoms with Gasteiger partial charge in [0, 0.05) is 23.7 Å². The van der Waals surface area contributed by atoms with Crippen molar-refractivity contribution in [3.8, 4) is 0 Å². The SMILES string of the molecule is CCC1C2OC34CC5C6=CCC7CC(OC8OC(CO)C(O)C(O)C8OC8OC(CO)C(O)C(O)C8O)CCC7(C)C6CCC5(C)C3(O)C(C)C2OC1(C)CO4. The fourth-order valence-electron chi connectivity index (χ4n) is 13.8. The molecule has 3 bridgehead atoms. The maximum Gasteiger partial charge on any atom is 0.199 e. The topological polar surface area (TPSA) is 226 Å². The lowest BCUT2D eigenvalue weighted by atomic mass is 9.47. The van der Waals surface area contributed by atoms with E-state index in [0.29, 0.717) is 31.8 Å². The largest absolute Gasteiger partial charge is 0.394 e. The molecule has 15 nitrogen and oxygen atoms in total. The summed E-state index contributed by atoms with van der Waals surface area (Å²) < 4.78 is 44.7. The lowest BCUT2D eigenvalue weighted by Gasteiger charge is -2.61. The number of hydrogen-bond donors (Lipinski definition) is 8. The average molecular weight is 797 g/mol. The van der Waals surface area contributed by atoms with E-state index in [2.05, 4.69) is 40.7 Å². The summed E-state index contributed by atoms with van der Waals surface area (Å²) >= 11 is 0. The summed E-state index contributed by atoms with van der Waals surface area (Å²) in [5.41, 5.74) is -0.769. The molecule has 23 atom stereocenters. The van der Waals surface area contributed by atoms with Crippen molar-refractivity contribution >= 4 is 0 Å². The van der Waals surface area contributed by atoms with E-state index in [9.17, 15) is 40.9 Å². The van der Waals surface area contributed by atoms with Gasteiger partial charge in [0.1, 0.15) is 54.4 Å². The molecule has 9 rings (SSSR count). The number of aliphatic hydroxyl groups excluding tert-OH is 7. The molecule has 3 saturated carbocycles. The molecule has 5 saturated heterocycles. The Kier molecular flexibility index (Phi) is 10.0. The van der Waals surface area contributed by atoms with Gasteiger partial charge in [0.15, 0.2) is 18.4 Å². The Balaban J connectivity index is 0.942. The molecule has 318 valence electrons. The predicted octanol–water partition coefficient (Wildman–Crippen LogP) is 0.245. The molecule has 23 unspecified atom stereocenters. The third-order valence-corrected chi connectivity index (χ3v) is 17.1. The first kappa shape index (κ1) is 40.5. The molecule has 0 aromatic heterocycles. The van der Waals surface area contributed by atoms with Crippen molar-refractivity contribution in [1.82, 2.24) is 0 Å². The summed E-state index contributed by atoms with van der Waals surface area (Å²) in [5, 5.41) is 86.1. The monoisotopic (exact) mass is 796 g/mol. The van der Waals surface area contributed by atoms with Crippen molar-refractivity contribution in [2.24, 2.45) is 40.4 Å². The molecule has 15 heteroatoms. The van der Waals surface area contributed by atoms with Gasteiger partial charge < -0.3 is 74.0 Å². The fraction of sp³-hybridized carbons (Fsp3) is 0.951. The first-order valence-electron chi connectivity index (χ1n) is 21.2. The van der Waals surface area contributed by atoms with Crippen LogP contribution in [0, 0.1) is 40.4 Å². The third-order valence-electron chi connectivity index (χ3n) is 17.1. The van der Waals surface area contributed by atoms with Crippen LogP contribution < -0.4 is 0 Å². The van der Waals surface area contributed by atoms with Crippen molar-refractivity contribution in [2.45, 2.75) is 183 Å². The highest BCUT2D eigenvalue weighted by molar-refractivity contribution is 5.35. The number of hydrogen-bond acceptors (Lipinski definition) is 15. The maximum atomic E-state index is 13.1. The van der Waals surface area contributed by atoms with Crippen LogP contribution in [0.4, 0.5) is 0 Å². The highest BCUT2D eigenvalue weighted by Crippen LogP contribution is 2.74. The molecule has 0 aromatic rings. The quantitative estimate of drug-likeness (QED) is 0.162. The summed E-state index contributed by atoms with van der Waals surface area (Å²) in [4.78, 5) is 0. The van der Waals surface area contributed by atoms with Gasteiger partial charge in [-0.3, -0.25) is 0 Å². The average Bonchev–Trinajstić information content (AvgIpc) is 3.53. The van der Waals surface area contributed by atoms with Crippen LogP contribution in [0.15, 0.2) is 11.6 Å². The third kappa shape index (κ3) is 5.36. The van der Waals surface area contributed by atoms with E-state index in [1.54, 1.807) is 0 Å². The molecular formula is C41H64O15. The van der Waals surface area contributed by atoms with Crippen LogP contribution in [0.2, 0.25) is 0 Å². The van der Waals surface area contributed by atoms with Crippen molar-refractivity contribution in [2.75, 3.05) is 19.8 Å². The van der Waals surface area contributed by atoms with Gasteiger partial charge in [-0.1, -0.05) is 39.3 Å². The number of ether oxygens (including phenoxy) is 7. The Bertz CT molecular complexity index is 1530. The zero-order valence-electron chi connectivity index (χ0n) is 33.2. The molecule has 1 spiro atoms. The standard InChI is InChI=1S/C41H64O15/c1-6-22-33-32-18(2)41(49)38(4)12-10-23-21(24(38)14-40(41,56-33)50-17-39(22,5)55-32)8-7-19-13-20(9-11-37(19,23)3)51-36-34(30(47)28(45)26(16-43)53-36)54-35-31(48)29(46)27(44)25(15-42)52-35/h8,18-20,22-36,42-49H,6-7,9-17H2,1-5H3. The highest BCUT2D eigenvalue weighted by Gasteiger charge is 2.82. The van der Waals surface area contributed by atoms with E-state index >= 15 is 0 Å². The summed E-state index contributed by atoms with van der Waals surface area (Å²) in [6, 6.07) is 0. The Morgan fingerprint density at radius 3 is 2.20 bits per heavy atom. The number of aliphatic hydroxyl groups is 8. The summed E-state index contributed by atoms with van der Waals surface area (Å²) in [7, 11) is 0. The van der Waals surface area contributed by atoms with Crippen molar-refractivity contribution in [1.29, 1.82) is 0 Å². The van der Waals surface area contributed by atoms with Crippen LogP contribution in [-0.4, -0.2) is 157 Å². The van der Waals surface area contributed by atoms with Gasteiger partial charge in [-0.15, -0.1) is 0 Å². The van der Waals surface area contributed by atoms with Gasteiger partial charge in [0.05, 0.1) is 43.7 Å². The minimum atomic E-state index is -1.74. The minimum absolute atomic E-state index is 0.0485. The zero-order chi connectivity index (χ0) is 39.9. The van der Waals surface area contributed by atoms with Crippen LogP contribution in [0.1, 0.15) is 86.0 Å². The lowest BCUT2D eigenvalue weighted by Crippen LogP contribution is -2.72. The Hall–Kier alpha value is -0.860. The second-order valence-electron chi connectivity index (χ2n) is 19.5. The van der Waals surface area contributed by atoms with Gasteiger partial charge in [0.2, 0.25) is 0 Å². The smallest absolute Gasteiger partial charge is 0.199 e. The number of fused-ring (bicyclic) bond motifs is 7. The van der Waals surface area contributed by atoms with Gasteiger partial charge in [0.25, 0.3) is 0 Å². The van der Waals surface area contributed by atoms with Crippen molar-refractivity contribution in [3.63, 3.8) is 0 Å². The molecule has 56 heavy (non-hydrogen) atoms. The van der Waals surface area contributed by atoms with Crippen LogP contribution >= 0.6 is 0 Å². The summed E-state index contributed by atoms with van der Waals surface area (Å²) in [6.07, 6.45) is -6.86. The molecule has 0 amide bonds. The van der Waals surface area contributed by atoms with Crippen molar-refractivity contribution < 1.29 is 74.0 Å². The van der Waals surface area contributed by atoms with E-state index < -0.39 is 97.0 Å². The molecule has 9 aliphatic rings. The molecular weight excluding hydrogens is 732 g/mol. The van der Waals surface area contributed by atoms with Gasteiger partial charge >= 0.3 is 0 Å². The van der Waals surface area contributed by atoms with Crippen LogP contribution in [0.3, 0.4) is 0 Å². The normalized spacial score (nSPS) is 60.1. The Labute approximate surface area is 328 Å². The van der Waals surface area contributed by atoms with Crippen LogP contribution in [0.5, 0.6) is 0 Å². The number of rotatable bonds is 7. The summed E-state index contributed by atoms with van der Waals surface area (Å²) in [5.74, 6) is -0.427. The zero-order valence-corrected chi connectivity index (χ0v) is 33.2. The van der Waals surface area contributed by atoms with Crippen LogP contribution in [0.25, 0.3) is 0 Å². The Morgan fingerprint density at radius 2 is 1.50 bits per heavy atom. The maximum absolute atomic E-state index is 13.1. The molecule has 8 fully saturated rings. The molecule has 5 heterocycles. The second kappa shape index (κ2) is 13.8. The van der Waals surface area contributed by atoms with E-state index in [4.69, 9.17) is 33.2 Å². The predicted molar refractivity (Wildman–Crippen MR) is 193 cm³/mol. The van der Waals surface area contributed by atoms with E-state index in [1.165, 1.54) is 5.57 Å². The van der Waals surface area contributed by atoms with Gasteiger partial charge in [-0.2, -0.15) is 0 Å². The Morgan fingerprint density at radius 1 is 0.804 bits per heavy atom. The molecule has 0 aromatic carbocycles. The van der Waals surface area contributed by atoms with E-state index in [0.717, 1.165) is 32.1 Å². The van der Waals surface area contributed by atoms with Crippen LogP contribution in [-0.2, 0) is 33.2 Å². The van der Waals surface area contributed by atoms with E-state index in [1.807, 2.05) is 0 Å². The van der Waals surface area contributed by atoms with Gasteiger partial charge in [-0.25, -0.2) is 0 Å². The molecule has 5 aliphatic heterocycles. The first-order chi connectivity index (χ1) is 26.5. The molecule has 0 radical (unpaired) electrons. The van der Waals surface area contributed by atoms with Crippen molar-refractivity contribution in [3.05, 3.63) is 11.6 Å². The lowest BCUT2D eigenvalue weighted by molar-refractivity contribution is -0.403. The van der Waals surface area contributed by atoms with E-state index in [-0.39, 0.29) is 47.4 Å². The summed E-state index contributed by atoms with van der Waals surface area (Å²) in [6.45, 7) is 10.3. The second-order valence-corrected chi connectivity index (χ2v) is 19.5. The molecule has 8 N–H and O–H groups in total. The fourth-order valence-corrected chi connectivity index (χ4v) is 13.8. The van der Waals surface area contributed by atoms with Gasteiger partial charge in [-0.05, 0) is 75.0 Å². The molecule has 4 aliphatic carbocycles. The first-order valence-corrected chi connectivity index (χ1v) is 21.2. The number of allylic oxidation sites excluding steroid dienone is 2. The minimum Gasteiger partial charge on any atom is -0.394 e.